The van der Waals surface area contributed by atoms with E-state index in [1.807, 2.05) is 69.3 Å². The van der Waals surface area contributed by atoms with Gasteiger partial charge in [0, 0.05) is 36.8 Å². The predicted octanol–water partition coefficient (Wildman–Crippen LogP) is 6.05. The maximum Gasteiger partial charge on any atom is 0.446 e. The van der Waals surface area contributed by atoms with E-state index in [0.717, 1.165) is 17.0 Å². The zero-order chi connectivity index (χ0) is 43.5. The molecule has 0 radical (unpaired) electrons. The van der Waals surface area contributed by atoms with Crippen molar-refractivity contribution in [2.24, 2.45) is 11.3 Å². The minimum Gasteiger partial charge on any atom is -0.453 e. The Labute approximate surface area is 348 Å². The van der Waals surface area contributed by atoms with Gasteiger partial charge in [0.2, 0.25) is 5.91 Å². The van der Waals surface area contributed by atoms with E-state index in [2.05, 4.69) is 21.0 Å². The number of aliphatic hydroxyl groups is 1. The van der Waals surface area contributed by atoms with Gasteiger partial charge in [0.05, 0.1) is 31.5 Å². The number of amides is 5. The molecule has 3 aromatic rings. The molecule has 59 heavy (non-hydrogen) atoms. The minimum absolute atomic E-state index is 0.0279. The van der Waals surface area contributed by atoms with Crippen LogP contribution in [0.4, 0.5) is 22.8 Å². The lowest BCUT2D eigenvalue weighted by Gasteiger charge is -2.36. The van der Waals surface area contributed by atoms with Crippen LogP contribution in [0.3, 0.4) is 0 Å². The molecule has 322 valence electrons. The van der Waals surface area contributed by atoms with Crippen LogP contribution in [0, 0.1) is 18.3 Å². The summed E-state index contributed by atoms with van der Waals surface area (Å²) in [5.41, 5.74) is 0.383. The highest BCUT2D eigenvalue weighted by atomic mass is 32.2. The highest BCUT2D eigenvalue weighted by molar-refractivity contribution is 8.00. The van der Waals surface area contributed by atoms with E-state index in [-0.39, 0.29) is 54.7 Å². The summed E-state index contributed by atoms with van der Waals surface area (Å²) in [6.07, 6.45) is -1.41. The molecule has 0 unspecified atom stereocenters. The van der Waals surface area contributed by atoms with Gasteiger partial charge in [0.1, 0.15) is 12.1 Å². The summed E-state index contributed by atoms with van der Waals surface area (Å²) in [4.78, 5) is 62.1. The molecule has 1 aliphatic rings. The van der Waals surface area contributed by atoms with Gasteiger partial charge < -0.3 is 30.3 Å². The zero-order valence-electron chi connectivity index (χ0n) is 34.6. The Morgan fingerprint density at radius 3 is 2.22 bits per heavy atom. The van der Waals surface area contributed by atoms with E-state index in [9.17, 15) is 37.5 Å². The number of benzene rings is 2. The van der Waals surface area contributed by atoms with Gasteiger partial charge in [-0.15, -0.1) is 0 Å². The molecule has 13 nitrogen and oxygen atoms in total. The number of urea groups is 1. The van der Waals surface area contributed by atoms with Gasteiger partial charge in [-0.25, -0.2) is 14.6 Å². The van der Waals surface area contributed by atoms with Gasteiger partial charge in [-0.1, -0.05) is 89.6 Å². The van der Waals surface area contributed by atoms with Crippen LogP contribution in [0.5, 0.6) is 0 Å². The van der Waals surface area contributed by atoms with Gasteiger partial charge in [-0.05, 0) is 71.8 Å². The largest absolute Gasteiger partial charge is 0.453 e. The van der Waals surface area contributed by atoms with Crippen LogP contribution in [-0.2, 0) is 33.8 Å². The number of thioether (sulfide) groups is 1. The van der Waals surface area contributed by atoms with E-state index in [4.69, 9.17) is 4.74 Å². The lowest BCUT2D eigenvalue weighted by molar-refractivity contribution is -0.132. The molecule has 0 saturated carbocycles. The molecule has 4 rings (SSSR count). The van der Waals surface area contributed by atoms with Crippen molar-refractivity contribution in [1.82, 2.24) is 35.9 Å². The Morgan fingerprint density at radius 2 is 1.63 bits per heavy atom. The fourth-order valence-electron chi connectivity index (χ4n) is 6.83. The third-order valence-corrected chi connectivity index (χ3v) is 10.8. The normalized spacial score (nSPS) is 16.0. The van der Waals surface area contributed by atoms with Crippen LogP contribution in [-0.4, -0.2) is 105 Å². The molecule has 1 fully saturated rings. The first-order chi connectivity index (χ1) is 27.8. The van der Waals surface area contributed by atoms with Crippen LogP contribution < -0.4 is 16.1 Å². The van der Waals surface area contributed by atoms with E-state index < -0.39 is 53.1 Å². The number of alkyl carbamates (subject to hydrolysis) is 1. The molecule has 0 aliphatic carbocycles. The molecule has 2 heterocycles. The number of hydrazine groups is 1. The predicted molar refractivity (Wildman–Crippen MR) is 219 cm³/mol. The number of pyridine rings is 1. The fourth-order valence-corrected chi connectivity index (χ4v) is 7.37. The number of hydrogen-bond donors (Lipinski definition) is 4. The number of ether oxygens (including phenoxy) is 1. The Hall–Kier alpha value is -4.87. The number of carbonyl (C=O) groups is 4. The average Bonchev–Trinajstić information content (AvgIpc) is 3.51. The van der Waals surface area contributed by atoms with Crippen molar-refractivity contribution in [3.8, 4) is 0 Å². The van der Waals surface area contributed by atoms with Crippen molar-refractivity contribution in [2.45, 2.75) is 102 Å². The highest BCUT2D eigenvalue weighted by Crippen LogP contribution is 2.36. The molecule has 1 aromatic heterocycles. The van der Waals surface area contributed by atoms with E-state index in [0.29, 0.717) is 25.1 Å². The first-order valence-electron chi connectivity index (χ1n) is 19.5. The Morgan fingerprint density at radius 1 is 0.949 bits per heavy atom. The SMILES string of the molecule is CC[C@H](C)[C@@H](C(=O)N[C@@H](Cc1ccccc1)[C@@H](O)CN(Cc1ccc(SC(F)(F)F)cc1)NC(=O)[C@@H](NC(=O)OC)C(C)(C)C)N1CCN(Cc2cccc(C)n2)C1=O. The molecule has 1 aliphatic heterocycles. The molecule has 0 spiro atoms. The summed E-state index contributed by atoms with van der Waals surface area (Å²) in [6, 6.07) is 17.2. The standard InChI is InChI=1S/C42H56F3N7O6S/c1-8-27(2)35(52-22-21-50(40(52)57)25-31-16-12-13-28(3)46-31)37(54)47-33(23-29-14-10-9-11-15-29)34(53)26-51(24-30-17-19-32(20-18-30)59-42(43,44)45)49-38(55)36(41(4,5)6)48-39(56)58-7/h9-20,27,33-36,53H,8,21-26H2,1-7H3,(H,47,54)(H,48,56)(H,49,55)/t27-,33-,34-,35-,36+/m0/s1. The highest BCUT2D eigenvalue weighted by Gasteiger charge is 2.41. The Bertz CT molecular complexity index is 1870. The second-order valence-corrected chi connectivity index (χ2v) is 17.0. The van der Waals surface area contributed by atoms with Gasteiger partial charge in [-0.3, -0.25) is 20.0 Å². The maximum absolute atomic E-state index is 14.4. The quantitative estimate of drug-likeness (QED) is 0.0886. The molecule has 4 N–H and O–H groups in total. The summed E-state index contributed by atoms with van der Waals surface area (Å²) in [5, 5.41) is 19.0. The van der Waals surface area contributed by atoms with Gasteiger partial charge >= 0.3 is 17.6 Å². The van der Waals surface area contributed by atoms with Crippen molar-refractivity contribution in [2.75, 3.05) is 26.7 Å². The number of nitrogens with one attached hydrogen (secondary N) is 3. The van der Waals surface area contributed by atoms with E-state index in [1.54, 1.807) is 30.6 Å². The molecule has 5 amide bonds. The van der Waals surface area contributed by atoms with Crippen LogP contribution in [0.15, 0.2) is 77.7 Å². The summed E-state index contributed by atoms with van der Waals surface area (Å²) in [7, 11) is 1.17. The van der Waals surface area contributed by atoms with Gasteiger partial charge in [0.25, 0.3) is 5.91 Å². The molecule has 5 atom stereocenters. The zero-order valence-corrected chi connectivity index (χ0v) is 35.4. The first-order valence-corrected chi connectivity index (χ1v) is 20.3. The topological polar surface area (TPSA) is 156 Å². The summed E-state index contributed by atoms with van der Waals surface area (Å²) < 4.78 is 44.0. The molecular formula is C42H56F3N7O6S. The number of aryl methyl sites for hydroxylation is 1. The van der Waals surface area contributed by atoms with Crippen molar-refractivity contribution in [1.29, 1.82) is 0 Å². The second kappa shape index (κ2) is 20.9. The summed E-state index contributed by atoms with van der Waals surface area (Å²) >= 11 is -0.255. The number of methoxy groups -OCH3 is 1. The monoisotopic (exact) mass is 843 g/mol. The van der Waals surface area contributed by atoms with E-state index >= 15 is 0 Å². The third kappa shape index (κ3) is 14.1. The number of alkyl halides is 3. The minimum atomic E-state index is -4.48. The van der Waals surface area contributed by atoms with Crippen molar-refractivity contribution < 1.29 is 42.2 Å². The molecule has 17 heteroatoms. The maximum atomic E-state index is 14.4. The number of carbonyl (C=O) groups excluding carboxylic acids is 4. The number of aromatic nitrogens is 1. The van der Waals surface area contributed by atoms with Gasteiger partial charge in [0.15, 0.2) is 0 Å². The van der Waals surface area contributed by atoms with Crippen LogP contribution in [0.2, 0.25) is 0 Å². The molecule has 0 bridgehead atoms. The van der Waals surface area contributed by atoms with Crippen LogP contribution in [0.1, 0.15) is 63.6 Å². The number of halogens is 3. The smallest absolute Gasteiger partial charge is 0.446 e. The van der Waals surface area contributed by atoms with Crippen molar-refractivity contribution >= 4 is 35.7 Å². The van der Waals surface area contributed by atoms with E-state index in [1.165, 1.54) is 36.4 Å². The summed E-state index contributed by atoms with van der Waals surface area (Å²) in [6.45, 7) is 11.6. The van der Waals surface area contributed by atoms with Crippen LogP contribution >= 0.6 is 11.8 Å². The number of hydrogen-bond acceptors (Lipinski definition) is 9. The van der Waals surface area contributed by atoms with Gasteiger partial charge in [-0.2, -0.15) is 13.2 Å². The lowest BCUT2D eigenvalue weighted by atomic mass is 9.86. The Kier molecular flexibility index (Phi) is 16.6. The van der Waals surface area contributed by atoms with Crippen molar-refractivity contribution in [3.05, 3.63) is 95.3 Å². The number of nitrogens with zero attached hydrogens (tertiary/aromatic N) is 4. The fraction of sp³-hybridized carbons (Fsp3) is 0.500. The van der Waals surface area contributed by atoms with Crippen molar-refractivity contribution in [3.63, 3.8) is 0 Å². The first kappa shape index (κ1) is 46.8. The second-order valence-electron chi connectivity index (χ2n) is 15.9. The average molecular weight is 844 g/mol. The molecular weight excluding hydrogens is 788 g/mol. The summed E-state index contributed by atoms with van der Waals surface area (Å²) in [5.74, 6) is -1.35. The molecule has 2 aromatic carbocycles. The molecule has 1 saturated heterocycles. The third-order valence-electron chi connectivity index (χ3n) is 10.1. The number of aliphatic hydroxyl groups excluding tert-OH is 1. The van der Waals surface area contributed by atoms with Crippen LogP contribution in [0.25, 0.3) is 0 Å². The lowest BCUT2D eigenvalue weighted by Crippen LogP contribution is -2.60. The Balaban J connectivity index is 1.63. The number of rotatable bonds is 18.